The van der Waals surface area contributed by atoms with Crippen molar-refractivity contribution in [1.29, 1.82) is 0 Å². The molecule has 0 fully saturated rings. The van der Waals surface area contributed by atoms with Crippen LogP contribution in [0.1, 0.15) is 135 Å². The number of hydrogen-bond donors (Lipinski definition) is 0. The Hall–Kier alpha value is -1.78. The molecule has 262 valence electrons. The maximum atomic E-state index is 12.9. The van der Waals surface area contributed by atoms with Crippen LogP contribution >= 0.6 is 0 Å². The molecule has 2 rings (SSSR count). The zero-order valence-corrected chi connectivity index (χ0v) is 30.0. The van der Waals surface area contributed by atoms with Gasteiger partial charge >= 0.3 is 39.0 Å². The van der Waals surface area contributed by atoms with Crippen LogP contribution in [0.5, 0.6) is 0 Å². The first-order chi connectivity index (χ1) is 21.8. The van der Waals surface area contributed by atoms with Gasteiger partial charge in [0.15, 0.2) is 7.14 Å². The number of aliphatic carboxylic acids is 1. The molecular weight excluding hydrogens is 717 g/mol. The number of benzene rings is 2. The number of halogens is 7. The lowest BCUT2D eigenvalue weighted by Crippen LogP contribution is -3.61. The fourth-order valence-electron chi connectivity index (χ4n) is 4.88. The highest BCUT2D eigenvalue weighted by Crippen LogP contribution is 2.47. The lowest BCUT2D eigenvalue weighted by molar-refractivity contribution is -0.597. The zero-order valence-electron chi connectivity index (χ0n) is 27.8. The van der Waals surface area contributed by atoms with E-state index in [0.717, 1.165) is 0 Å². The van der Waals surface area contributed by atoms with Crippen LogP contribution in [-0.4, -0.2) is 23.7 Å². The Morgan fingerprint density at radius 1 is 0.565 bits per heavy atom. The molecule has 0 saturated carbocycles. The minimum absolute atomic E-state index is 0.0450. The zero-order chi connectivity index (χ0) is 34.5. The van der Waals surface area contributed by atoms with Gasteiger partial charge in [0.25, 0.3) is 0 Å². The molecule has 0 aliphatic carbocycles. The number of unbranched alkanes of at least 4 members (excludes halogenated alkanes) is 12. The molecule has 0 atom stereocenters. The van der Waals surface area contributed by atoms with Crippen molar-refractivity contribution in [2.24, 2.45) is 0 Å². The molecule has 46 heavy (non-hydrogen) atoms. The molecule has 0 bridgehead atoms. The van der Waals surface area contributed by atoms with Gasteiger partial charge in [0, 0.05) is 6.42 Å². The average Bonchev–Trinajstić information content (AvgIpc) is 3.02. The maximum Gasteiger partial charge on any atom is 0.377 e. The van der Waals surface area contributed by atoms with Crippen molar-refractivity contribution in [3.05, 3.63) is 66.8 Å². The van der Waals surface area contributed by atoms with E-state index >= 15 is 0 Å². The third-order valence-electron chi connectivity index (χ3n) is 7.89. The first kappa shape index (κ1) is 42.2. The highest BCUT2D eigenvalue weighted by molar-refractivity contribution is 5.74. The Labute approximate surface area is 283 Å². The van der Waals surface area contributed by atoms with E-state index in [1.54, 1.807) is 14.1 Å². The van der Waals surface area contributed by atoms with E-state index in [2.05, 4.69) is 62.4 Å². The predicted octanol–water partition coefficient (Wildman–Crippen LogP) is 7.84. The van der Waals surface area contributed by atoms with Crippen LogP contribution < -0.4 is 26.3 Å². The second kappa shape index (κ2) is 22.7. The Morgan fingerprint density at radius 3 is 1.28 bits per heavy atom. The van der Waals surface area contributed by atoms with Crippen LogP contribution in [0.15, 0.2) is 48.5 Å². The molecule has 0 amide bonds. The Bertz CT molecular complexity index is 1020. The molecule has 0 aliphatic rings. The van der Waals surface area contributed by atoms with Crippen molar-refractivity contribution < 1.29 is 57.4 Å². The first-order valence-electron chi connectivity index (χ1n) is 17.0. The molecule has 2 nitrogen and oxygen atoms in total. The highest BCUT2D eigenvalue weighted by Gasteiger charge is 2.71. The van der Waals surface area contributed by atoms with Crippen LogP contribution in [0.3, 0.4) is 0 Å². The SMILES string of the molecule is CCCCCC(F)(F)C(F)(F)C(F)(F)C(=O)[O-].CCCCCCCCc1ccc([I+]c2ccc(CCCCCCCC)cc2)cc1. The van der Waals surface area contributed by atoms with Gasteiger partial charge in [-0.3, -0.25) is 0 Å². The number of carbonyl (C=O) groups is 1. The Kier molecular flexibility index (Phi) is 20.9. The summed E-state index contributed by atoms with van der Waals surface area (Å²) in [6.45, 7) is 6.18. The summed E-state index contributed by atoms with van der Waals surface area (Å²) in [6, 6.07) is 19.0. The minimum Gasteiger partial charge on any atom is -0.544 e. The second-order valence-electron chi connectivity index (χ2n) is 12.0. The summed E-state index contributed by atoms with van der Waals surface area (Å²) < 4.78 is 79.1. The average molecular weight is 771 g/mol. The van der Waals surface area contributed by atoms with E-state index < -0.39 is 36.6 Å². The molecule has 0 heterocycles. The van der Waals surface area contributed by atoms with Gasteiger partial charge < -0.3 is 9.90 Å². The van der Waals surface area contributed by atoms with Crippen molar-refractivity contribution in [3.63, 3.8) is 0 Å². The van der Waals surface area contributed by atoms with Crippen LogP contribution in [0.4, 0.5) is 26.3 Å². The topological polar surface area (TPSA) is 40.1 Å². The molecule has 0 N–H and O–H groups in total. The third-order valence-corrected chi connectivity index (χ3v) is 10.6. The minimum atomic E-state index is -5.97. The molecule has 2 aromatic carbocycles. The molecule has 0 radical (unpaired) electrons. The molecule has 0 aliphatic heterocycles. The lowest BCUT2D eigenvalue weighted by Gasteiger charge is -2.33. The van der Waals surface area contributed by atoms with E-state index in [1.165, 1.54) is 101 Å². The smallest absolute Gasteiger partial charge is 0.377 e. The molecule has 0 unspecified atom stereocenters. The van der Waals surface area contributed by atoms with E-state index in [0.29, 0.717) is 6.42 Å². The van der Waals surface area contributed by atoms with Crippen LogP contribution in [0.25, 0.3) is 0 Å². The van der Waals surface area contributed by atoms with Gasteiger partial charge in [-0.05, 0) is 67.5 Å². The van der Waals surface area contributed by atoms with E-state index in [1.807, 2.05) is 0 Å². The van der Waals surface area contributed by atoms with Gasteiger partial charge in [-0.1, -0.05) is 122 Å². The molecule has 0 spiro atoms. The summed E-state index contributed by atoms with van der Waals surface area (Å²) >= 11 is -0.0450. The van der Waals surface area contributed by atoms with Crippen LogP contribution in [0, 0.1) is 7.14 Å². The van der Waals surface area contributed by atoms with Gasteiger partial charge in [-0.25, -0.2) is 0 Å². The molecule has 9 heteroatoms. The number of hydrogen-bond acceptors (Lipinski definition) is 2. The van der Waals surface area contributed by atoms with Crippen molar-refractivity contribution in [2.45, 2.75) is 154 Å². The quantitative estimate of drug-likeness (QED) is 0.0657. The maximum absolute atomic E-state index is 12.9. The summed E-state index contributed by atoms with van der Waals surface area (Å²) in [5, 5.41) is 9.77. The van der Waals surface area contributed by atoms with Crippen molar-refractivity contribution >= 4 is 5.97 Å². The van der Waals surface area contributed by atoms with E-state index in [-0.39, 0.29) is 27.6 Å². The van der Waals surface area contributed by atoms with Crippen molar-refractivity contribution in [3.8, 4) is 0 Å². The summed E-state index contributed by atoms with van der Waals surface area (Å²) in [5.41, 5.74) is 3.03. The van der Waals surface area contributed by atoms with Crippen molar-refractivity contribution in [1.82, 2.24) is 0 Å². The van der Waals surface area contributed by atoms with Gasteiger partial charge in [0.1, 0.15) is 5.97 Å². The number of aryl methyl sites for hydroxylation is 2. The number of carbonyl (C=O) groups excluding carboxylic acids is 1. The number of rotatable bonds is 23. The second-order valence-corrected chi connectivity index (χ2v) is 15.0. The van der Waals surface area contributed by atoms with Crippen LogP contribution in [-0.2, 0) is 17.6 Å². The summed E-state index contributed by atoms with van der Waals surface area (Å²) in [4.78, 5) is 9.77. The van der Waals surface area contributed by atoms with Gasteiger partial charge in [0.05, 0.1) is 0 Å². The first-order valence-corrected chi connectivity index (χ1v) is 19.2. The summed E-state index contributed by atoms with van der Waals surface area (Å²) in [7, 11) is 0. The fourth-order valence-corrected chi connectivity index (χ4v) is 7.04. The van der Waals surface area contributed by atoms with E-state index in [9.17, 15) is 36.2 Å². The van der Waals surface area contributed by atoms with E-state index in [4.69, 9.17) is 0 Å². The predicted molar refractivity (Wildman–Crippen MR) is 168 cm³/mol. The Balaban J connectivity index is 0.000000533. The highest BCUT2D eigenvalue weighted by atomic mass is 127. The standard InChI is InChI=1S/C28H42I.C9H12F6O2/c1-3-5-7-9-11-13-15-25-17-21-27(22-18-25)29-28-23-19-26(20-24-28)16-14-12-10-8-6-4-2;1-2-3-4-5-7(10,11)9(14,15)8(12,13)6(16)17/h17-24H,3-16H2,1-2H3;2-5H2,1H3,(H,16,17)/q+1;/p-1. The third kappa shape index (κ3) is 15.4. The largest absolute Gasteiger partial charge is 0.544 e. The molecule has 2 aromatic rings. The summed E-state index contributed by atoms with van der Waals surface area (Å²) in [6.07, 6.45) is 17.8. The molecular formula is C37H53F6IO2. The number of alkyl halides is 6. The van der Waals surface area contributed by atoms with Gasteiger partial charge in [0.2, 0.25) is 0 Å². The number of carboxylic acids is 1. The normalized spacial score (nSPS) is 12.1. The van der Waals surface area contributed by atoms with Crippen molar-refractivity contribution in [2.75, 3.05) is 0 Å². The van der Waals surface area contributed by atoms with Gasteiger partial charge in [-0.2, -0.15) is 26.3 Å². The molecule has 0 aromatic heterocycles. The molecule has 0 saturated heterocycles. The Morgan fingerprint density at radius 2 is 0.913 bits per heavy atom. The fraction of sp³-hybridized carbons (Fsp3) is 0.649. The van der Waals surface area contributed by atoms with Gasteiger partial charge in [-0.15, -0.1) is 0 Å². The van der Waals surface area contributed by atoms with Crippen LogP contribution in [0.2, 0.25) is 0 Å². The summed E-state index contributed by atoms with van der Waals surface area (Å²) in [5.74, 6) is -20.5. The number of carboxylic acid groups (broad SMARTS) is 1. The lowest BCUT2D eigenvalue weighted by atomic mass is 9.99. The monoisotopic (exact) mass is 770 g/mol.